The van der Waals surface area contributed by atoms with Crippen molar-refractivity contribution in [1.82, 2.24) is 5.00 Å². The summed E-state index contributed by atoms with van der Waals surface area (Å²) >= 11 is 0. The first-order valence-electron chi connectivity index (χ1n) is 11.1. The molecule has 0 amide bonds. The van der Waals surface area contributed by atoms with E-state index in [2.05, 4.69) is 9.56 Å². The van der Waals surface area contributed by atoms with E-state index in [4.69, 9.17) is 39.2 Å². The van der Waals surface area contributed by atoms with Crippen LogP contribution < -0.4 is 0 Å². The van der Waals surface area contributed by atoms with Gasteiger partial charge in [-0.05, 0) is 34.1 Å². The Morgan fingerprint density at radius 1 is 1.03 bits per heavy atom. The van der Waals surface area contributed by atoms with Gasteiger partial charge in [-0.1, -0.05) is 19.8 Å². The van der Waals surface area contributed by atoms with Crippen LogP contribution in [-0.4, -0.2) is 88.0 Å². The van der Waals surface area contributed by atoms with E-state index < -0.39 is 44.1 Å². The fourth-order valence-corrected chi connectivity index (χ4v) is 3.95. The molecule has 0 aromatic heterocycles. The van der Waals surface area contributed by atoms with E-state index in [1.54, 1.807) is 0 Å². The van der Waals surface area contributed by atoms with E-state index in [0.29, 0.717) is 13.0 Å². The van der Waals surface area contributed by atoms with Crippen molar-refractivity contribution in [1.29, 1.82) is 5.26 Å². The van der Waals surface area contributed by atoms with Gasteiger partial charge in [0, 0.05) is 5.00 Å². The molecule has 0 bridgehead atoms. The maximum Gasteiger partial charge on any atom is 0.342 e. The van der Waals surface area contributed by atoms with Crippen LogP contribution in [-0.2, 0) is 33.0 Å². The molecule has 14 heteroatoms. The van der Waals surface area contributed by atoms with Gasteiger partial charge >= 0.3 is 8.53 Å². The number of nitrogens with zero attached hydrogens (tertiary/aromatic N) is 2. The van der Waals surface area contributed by atoms with Crippen molar-refractivity contribution in [3.05, 3.63) is 0 Å². The van der Waals surface area contributed by atoms with Gasteiger partial charge in [0.15, 0.2) is 0 Å². The van der Waals surface area contributed by atoms with Crippen molar-refractivity contribution >= 4 is 8.53 Å². The average molecular weight is 515 g/mol. The number of hydrogen-bond donors (Lipinski definition) is 4. The summed E-state index contributed by atoms with van der Waals surface area (Å²) in [5, 5.41) is 45.1. The molecule has 1 saturated heterocycles. The Morgan fingerprint density at radius 3 is 2.26 bits per heavy atom. The van der Waals surface area contributed by atoms with Gasteiger partial charge in [-0.3, -0.25) is 15.7 Å². The lowest BCUT2D eigenvalue weighted by molar-refractivity contribution is -0.273. The first kappa shape index (κ1) is 31.5. The third-order valence-corrected chi connectivity index (χ3v) is 5.91. The molecule has 34 heavy (non-hydrogen) atoms. The minimum atomic E-state index is -2.66. The lowest BCUT2D eigenvalue weighted by Gasteiger charge is -2.34. The van der Waals surface area contributed by atoms with Crippen LogP contribution in [0.15, 0.2) is 0 Å². The second kappa shape index (κ2) is 15.5. The summed E-state index contributed by atoms with van der Waals surface area (Å²) in [4.78, 5) is 3.86. The standard InChI is InChI=1S/C20H39N2O11P/c1-6-7-9-15-17(18(16(31-15)12-30-25)32-34(33-26)22(23)24)27-13-19(2,3)29-14-20(4,5)28-11-8-10-21/h15-18,23-26H,6-9,11-14H2,1-5H3. The second-order valence-corrected chi connectivity index (χ2v) is 10.4. The molecule has 1 fully saturated rings. The monoisotopic (exact) mass is 514 g/mol. The fourth-order valence-electron chi connectivity index (χ4n) is 3.30. The van der Waals surface area contributed by atoms with Crippen LogP contribution in [0, 0.1) is 11.3 Å². The lowest BCUT2D eigenvalue weighted by Crippen LogP contribution is -2.44. The molecule has 4 N–H and O–H groups in total. The number of unbranched alkanes of at least 4 members (excludes halogenated alkanes) is 1. The average Bonchev–Trinajstić information content (AvgIpc) is 3.09. The third-order valence-electron chi connectivity index (χ3n) is 5.06. The van der Waals surface area contributed by atoms with Crippen molar-refractivity contribution in [2.75, 3.05) is 26.4 Å². The van der Waals surface area contributed by atoms with Gasteiger partial charge < -0.3 is 23.5 Å². The van der Waals surface area contributed by atoms with E-state index >= 15 is 0 Å². The topological polar surface area (TPSA) is 173 Å². The molecule has 0 spiro atoms. The number of rotatable bonds is 18. The van der Waals surface area contributed by atoms with Gasteiger partial charge in [-0.2, -0.15) is 9.94 Å². The van der Waals surface area contributed by atoms with Crippen LogP contribution in [0.25, 0.3) is 0 Å². The van der Waals surface area contributed by atoms with E-state index in [1.165, 1.54) is 0 Å². The zero-order valence-electron chi connectivity index (χ0n) is 20.5. The van der Waals surface area contributed by atoms with Gasteiger partial charge in [0.1, 0.15) is 24.9 Å². The maximum absolute atomic E-state index is 9.26. The molecule has 1 heterocycles. The SMILES string of the molecule is CCCCC1OC(COO)C(OP(OO)N(O)O)C1OCC(C)(C)OCC(C)(C)OCCC#N. The molecule has 0 saturated carbocycles. The van der Waals surface area contributed by atoms with Crippen molar-refractivity contribution in [2.45, 2.75) is 95.9 Å². The first-order chi connectivity index (χ1) is 16.0. The van der Waals surface area contributed by atoms with Gasteiger partial charge in [0.2, 0.25) is 0 Å². The molecule has 1 rings (SSSR count). The minimum absolute atomic E-state index is 0.115. The predicted octanol–water partition coefficient (Wildman–Crippen LogP) is 3.50. The van der Waals surface area contributed by atoms with Gasteiger partial charge in [0.05, 0.1) is 49.6 Å². The third kappa shape index (κ3) is 11.0. The molecule has 1 aliphatic heterocycles. The predicted molar refractivity (Wildman–Crippen MR) is 118 cm³/mol. The molecule has 13 nitrogen and oxygen atoms in total. The van der Waals surface area contributed by atoms with Gasteiger partial charge in [0.25, 0.3) is 0 Å². The largest absolute Gasteiger partial charge is 0.372 e. The molecule has 5 unspecified atom stereocenters. The minimum Gasteiger partial charge on any atom is -0.372 e. The quantitative estimate of drug-likeness (QED) is 0.0906. The van der Waals surface area contributed by atoms with Crippen LogP contribution in [0.1, 0.15) is 60.3 Å². The zero-order chi connectivity index (χ0) is 25.8. The molecule has 0 aliphatic carbocycles. The Balaban J connectivity index is 2.88. The van der Waals surface area contributed by atoms with Crippen LogP contribution in [0.3, 0.4) is 0 Å². The highest BCUT2D eigenvalue weighted by atomic mass is 31.2. The highest BCUT2D eigenvalue weighted by Crippen LogP contribution is 2.44. The van der Waals surface area contributed by atoms with Crippen LogP contribution in [0.5, 0.6) is 0 Å². The lowest BCUT2D eigenvalue weighted by atomic mass is 10.0. The van der Waals surface area contributed by atoms with Crippen LogP contribution >= 0.6 is 8.53 Å². The maximum atomic E-state index is 9.26. The van der Waals surface area contributed by atoms with Gasteiger partial charge in [-0.25, -0.2) is 10.1 Å². The zero-order valence-corrected chi connectivity index (χ0v) is 21.3. The van der Waals surface area contributed by atoms with Gasteiger partial charge in [-0.15, -0.1) is 0 Å². The molecule has 0 aromatic carbocycles. The Bertz CT molecular complexity index is 606. The Kier molecular flexibility index (Phi) is 14.4. The molecule has 0 aromatic rings. The second-order valence-electron chi connectivity index (χ2n) is 9.15. The van der Waals surface area contributed by atoms with Crippen molar-refractivity contribution < 1.29 is 54.0 Å². The smallest absolute Gasteiger partial charge is 0.342 e. The molecule has 200 valence electrons. The number of nitriles is 1. The number of hydrogen-bond acceptors (Lipinski definition) is 13. The van der Waals surface area contributed by atoms with Crippen LogP contribution in [0.4, 0.5) is 0 Å². The Labute approximate surface area is 201 Å². The van der Waals surface area contributed by atoms with Crippen molar-refractivity contribution in [2.24, 2.45) is 0 Å². The Morgan fingerprint density at radius 2 is 1.71 bits per heavy atom. The summed E-state index contributed by atoms with van der Waals surface area (Å²) in [6, 6.07) is 2.03. The van der Waals surface area contributed by atoms with E-state index in [1.807, 2.05) is 40.7 Å². The summed E-state index contributed by atoms with van der Waals surface area (Å²) in [6.07, 6.45) is -0.316. The van der Waals surface area contributed by atoms with Crippen molar-refractivity contribution in [3.8, 4) is 6.07 Å². The van der Waals surface area contributed by atoms with Crippen molar-refractivity contribution in [3.63, 3.8) is 0 Å². The molecular formula is C20H39N2O11P. The van der Waals surface area contributed by atoms with E-state index in [-0.39, 0.29) is 31.2 Å². The molecule has 1 aliphatic rings. The number of ether oxygens (including phenoxy) is 4. The molecule has 5 atom stereocenters. The highest BCUT2D eigenvalue weighted by Gasteiger charge is 2.49. The summed E-state index contributed by atoms with van der Waals surface area (Å²) in [7, 11) is -2.66. The summed E-state index contributed by atoms with van der Waals surface area (Å²) in [6.45, 7) is 9.84. The van der Waals surface area contributed by atoms with Crippen LogP contribution in [0.2, 0.25) is 0 Å². The summed E-state index contributed by atoms with van der Waals surface area (Å²) in [5.41, 5.74) is -1.36. The van der Waals surface area contributed by atoms with E-state index in [9.17, 15) is 10.4 Å². The molecule has 0 radical (unpaired) electrons. The molecular weight excluding hydrogens is 475 g/mol. The first-order valence-corrected chi connectivity index (χ1v) is 12.3. The summed E-state index contributed by atoms with van der Waals surface area (Å²) in [5.74, 6) is 0. The highest BCUT2D eigenvalue weighted by molar-refractivity contribution is 7.43. The Hall–Kier alpha value is -0.560. The normalized spacial score (nSPS) is 24.5. The summed E-state index contributed by atoms with van der Waals surface area (Å²) < 4.78 is 33.4. The fraction of sp³-hybridized carbons (Fsp3) is 0.950. The van der Waals surface area contributed by atoms with E-state index in [0.717, 1.165) is 12.8 Å².